The van der Waals surface area contributed by atoms with Gasteiger partial charge in [0.05, 0.1) is 6.10 Å². The van der Waals surface area contributed by atoms with Crippen molar-refractivity contribution >= 4 is 23.2 Å². The van der Waals surface area contributed by atoms with Crippen LogP contribution in [0.1, 0.15) is 46.4 Å². The van der Waals surface area contributed by atoms with Gasteiger partial charge in [0, 0.05) is 41.0 Å². The van der Waals surface area contributed by atoms with Gasteiger partial charge >= 0.3 is 0 Å². The second kappa shape index (κ2) is 8.73. The first kappa shape index (κ1) is 23.7. The molecule has 0 radical (unpaired) electrons. The molecule has 8 heteroatoms. The van der Waals surface area contributed by atoms with Crippen molar-refractivity contribution < 1.29 is 19.7 Å². The van der Waals surface area contributed by atoms with Gasteiger partial charge in [0.25, 0.3) is 5.91 Å². The molecule has 0 saturated heterocycles. The molecule has 7 nitrogen and oxygen atoms in total. The average Bonchev–Trinajstić information content (AvgIpc) is 3.56. The Morgan fingerprint density at radius 1 is 1.14 bits per heavy atom. The zero-order valence-electron chi connectivity index (χ0n) is 20.1. The first-order valence-corrected chi connectivity index (χ1v) is 12.6. The Balaban J connectivity index is 1.44. The fourth-order valence-corrected chi connectivity index (χ4v) is 5.99. The van der Waals surface area contributed by atoms with Crippen molar-refractivity contribution in [2.24, 2.45) is 0 Å². The van der Waals surface area contributed by atoms with E-state index in [1.807, 2.05) is 49.4 Å². The molecule has 2 aliphatic rings. The number of nitrogens with one attached hydrogen (secondary N) is 1. The minimum Gasteiger partial charge on any atom is -0.478 e. The molecule has 0 bridgehead atoms. The van der Waals surface area contributed by atoms with Crippen molar-refractivity contribution in [2.75, 3.05) is 5.32 Å². The Hall–Kier alpha value is -3.65. The van der Waals surface area contributed by atoms with E-state index in [0.29, 0.717) is 46.2 Å². The monoisotopic (exact) mass is 515 g/mol. The molecule has 1 saturated carbocycles. The zero-order chi connectivity index (χ0) is 25.8. The highest BCUT2D eigenvalue weighted by atomic mass is 35.5. The fourth-order valence-electron chi connectivity index (χ4n) is 5.86. The van der Waals surface area contributed by atoms with Gasteiger partial charge in [0.2, 0.25) is 0 Å². The molecule has 3 aromatic carbocycles. The molecular formula is C29H26ClN3O4. The van der Waals surface area contributed by atoms with Gasteiger partial charge in [0.15, 0.2) is 16.9 Å². The van der Waals surface area contributed by atoms with Gasteiger partial charge in [-0.1, -0.05) is 60.1 Å². The van der Waals surface area contributed by atoms with E-state index in [4.69, 9.17) is 16.3 Å². The molecule has 1 aliphatic carbocycles. The summed E-state index contributed by atoms with van der Waals surface area (Å²) in [7, 11) is 0. The Morgan fingerprint density at radius 3 is 2.59 bits per heavy atom. The third kappa shape index (κ3) is 3.49. The quantitative estimate of drug-likeness (QED) is 0.353. The van der Waals surface area contributed by atoms with Crippen molar-refractivity contribution in [1.29, 1.82) is 0 Å². The van der Waals surface area contributed by atoms with Gasteiger partial charge in [-0.05, 0) is 48.7 Å². The summed E-state index contributed by atoms with van der Waals surface area (Å²) in [4.78, 5) is 12.8. The number of hydrogen-bond acceptors (Lipinski definition) is 5. The number of aryl methyl sites for hydroxylation is 1. The summed E-state index contributed by atoms with van der Waals surface area (Å²) in [6, 6.07) is 23.7. The van der Waals surface area contributed by atoms with Gasteiger partial charge in [-0.3, -0.25) is 9.48 Å². The third-order valence-electron chi connectivity index (χ3n) is 7.59. The SMILES string of the molecule is CCn1ccc(C(=O)Nc2ccc3c(c2)O[C@@]2(c4ccc(Cl)cc4)[C@H](c4ccccc4)C[C@H](O)[C@@]32O)n1. The molecular weight excluding hydrogens is 490 g/mol. The molecule has 0 unspecified atom stereocenters. The molecule has 1 aliphatic heterocycles. The van der Waals surface area contributed by atoms with Crippen LogP contribution in [0.3, 0.4) is 0 Å². The predicted molar refractivity (Wildman–Crippen MR) is 140 cm³/mol. The normalized spacial score (nSPS) is 25.8. The number of rotatable bonds is 5. The van der Waals surface area contributed by atoms with Crippen LogP contribution in [-0.2, 0) is 17.7 Å². The Bertz CT molecular complexity index is 1470. The van der Waals surface area contributed by atoms with Crippen molar-refractivity contribution in [2.45, 2.75) is 43.1 Å². The highest BCUT2D eigenvalue weighted by Crippen LogP contribution is 2.66. The molecule has 6 rings (SSSR count). The highest BCUT2D eigenvalue weighted by Gasteiger charge is 2.72. The van der Waals surface area contributed by atoms with E-state index in [0.717, 1.165) is 5.56 Å². The Morgan fingerprint density at radius 2 is 1.89 bits per heavy atom. The van der Waals surface area contributed by atoms with Crippen LogP contribution in [0.4, 0.5) is 5.69 Å². The largest absolute Gasteiger partial charge is 0.478 e. The second-order valence-electron chi connectivity index (χ2n) is 9.55. The Kier molecular flexibility index (Phi) is 5.60. The van der Waals surface area contributed by atoms with Crippen LogP contribution >= 0.6 is 11.6 Å². The number of hydrogen-bond donors (Lipinski definition) is 3. The molecule has 0 spiro atoms. The van der Waals surface area contributed by atoms with Gasteiger partial charge in [0.1, 0.15) is 5.75 Å². The maximum atomic E-state index is 12.8. The number of aromatic nitrogens is 2. The average molecular weight is 516 g/mol. The van der Waals surface area contributed by atoms with Gasteiger partial charge in [-0.2, -0.15) is 5.10 Å². The summed E-state index contributed by atoms with van der Waals surface area (Å²) in [5, 5.41) is 31.4. The summed E-state index contributed by atoms with van der Waals surface area (Å²) < 4.78 is 8.39. The van der Waals surface area contributed by atoms with E-state index < -0.39 is 17.3 Å². The standard InChI is InChI=1S/C29H26ClN3O4/c1-2-33-15-14-24(32-33)27(35)31-21-12-13-22-25(16-21)37-29(19-8-10-20(30)11-9-19)23(17-26(34)28(22,29)36)18-6-4-3-5-7-18/h3-16,23,26,34,36H,2,17H2,1H3,(H,31,35)/t23-,26-,28-,29-/m0/s1. The van der Waals surface area contributed by atoms with Crippen LogP contribution in [0.2, 0.25) is 5.02 Å². The fraction of sp³-hybridized carbons (Fsp3) is 0.241. The van der Waals surface area contributed by atoms with E-state index in [1.165, 1.54) is 0 Å². The number of ether oxygens (including phenoxy) is 1. The molecule has 2 heterocycles. The minimum absolute atomic E-state index is 0.302. The molecule has 1 aromatic heterocycles. The number of anilines is 1. The zero-order valence-corrected chi connectivity index (χ0v) is 20.9. The van der Waals surface area contributed by atoms with E-state index >= 15 is 0 Å². The smallest absolute Gasteiger partial charge is 0.276 e. The topological polar surface area (TPSA) is 96.6 Å². The lowest BCUT2D eigenvalue weighted by Gasteiger charge is -2.40. The van der Waals surface area contributed by atoms with Gasteiger partial charge in [-0.15, -0.1) is 0 Å². The number of aliphatic hydroxyl groups is 2. The number of benzene rings is 3. The van der Waals surface area contributed by atoms with Crippen LogP contribution < -0.4 is 10.1 Å². The number of amides is 1. The number of aliphatic hydroxyl groups excluding tert-OH is 1. The first-order valence-electron chi connectivity index (χ1n) is 12.3. The van der Waals surface area contributed by atoms with Gasteiger partial charge < -0.3 is 20.3 Å². The summed E-state index contributed by atoms with van der Waals surface area (Å²) >= 11 is 6.20. The van der Waals surface area contributed by atoms with Crippen molar-refractivity contribution in [3.63, 3.8) is 0 Å². The summed E-state index contributed by atoms with van der Waals surface area (Å²) in [6.07, 6.45) is 0.965. The summed E-state index contributed by atoms with van der Waals surface area (Å²) in [5.41, 5.74) is -0.104. The van der Waals surface area contributed by atoms with Crippen molar-refractivity contribution in [1.82, 2.24) is 9.78 Å². The lowest BCUT2D eigenvalue weighted by molar-refractivity contribution is -0.149. The molecule has 1 fully saturated rings. The molecule has 3 N–H and O–H groups in total. The lowest BCUT2D eigenvalue weighted by Crippen LogP contribution is -2.51. The first-order chi connectivity index (χ1) is 17.9. The summed E-state index contributed by atoms with van der Waals surface area (Å²) in [6.45, 7) is 2.61. The maximum Gasteiger partial charge on any atom is 0.276 e. The van der Waals surface area contributed by atoms with E-state index in [1.54, 1.807) is 47.3 Å². The van der Waals surface area contributed by atoms with E-state index in [9.17, 15) is 15.0 Å². The van der Waals surface area contributed by atoms with Crippen LogP contribution in [0.25, 0.3) is 0 Å². The summed E-state index contributed by atoms with van der Waals surface area (Å²) in [5.74, 6) is -0.300. The second-order valence-corrected chi connectivity index (χ2v) is 9.98. The third-order valence-corrected chi connectivity index (χ3v) is 7.84. The van der Waals surface area contributed by atoms with Crippen LogP contribution in [0, 0.1) is 0 Å². The van der Waals surface area contributed by atoms with Crippen LogP contribution in [0.15, 0.2) is 85.1 Å². The number of carbonyl (C=O) groups excluding carboxylic acids is 1. The maximum absolute atomic E-state index is 12.8. The number of fused-ring (bicyclic) bond motifs is 3. The Labute approximate surface area is 219 Å². The van der Waals surface area contributed by atoms with Crippen LogP contribution in [0.5, 0.6) is 5.75 Å². The molecule has 188 valence electrons. The number of halogens is 1. The molecule has 4 atom stereocenters. The molecule has 4 aromatic rings. The van der Waals surface area contributed by atoms with E-state index in [-0.39, 0.29) is 11.8 Å². The highest BCUT2D eigenvalue weighted by molar-refractivity contribution is 6.30. The minimum atomic E-state index is -1.72. The van der Waals surface area contributed by atoms with Crippen molar-refractivity contribution in [3.05, 3.63) is 112 Å². The lowest BCUT2D eigenvalue weighted by atomic mass is 9.71. The molecule has 37 heavy (non-hydrogen) atoms. The number of carbonyl (C=O) groups is 1. The van der Waals surface area contributed by atoms with E-state index in [2.05, 4.69) is 10.4 Å². The van der Waals surface area contributed by atoms with Crippen molar-refractivity contribution in [3.8, 4) is 5.75 Å². The number of nitrogens with zero attached hydrogens (tertiary/aromatic N) is 2. The predicted octanol–water partition coefficient (Wildman–Crippen LogP) is 4.83. The van der Waals surface area contributed by atoms with Gasteiger partial charge in [-0.25, -0.2) is 0 Å². The molecule has 1 amide bonds. The van der Waals surface area contributed by atoms with Crippen LogP contribution in [-0.4, -0.2) is 32.0 Å².